The van der Waals surface area contributed by atoms with E-state index >= 15 is 0 Å². The minimum Gasteiger partial charge on any atom is -0.455 e. The molecule has 1 aromatic rings. The van der Waals surface area contributed by atoms with E-state index in [9.17, 15) is 24.3 Å². The Morgan fingerprint density at radius 1 is 1.16 bits per heavy atom. The van der Waals surface area contributed by atoms with Crippen LogP contribution < -0.4 is 5.32 Å². The van der Waals surface area contributed by atoms with Gasteiger partial charge >= 0.3 is 5.97 Å². The van der Waals surface area contributed by atoms with E-state index in [1.165, 1.54) is 7.11 Å². The van der Waals surface area contributed by atoms with Gasteiger partial charge in [-0.1, -0.05) is 71.3 Å². The molecule has 3 aliphatic heterocycles. The molecule has 1 unspecified atom stereocenters. The van der Waals surface area contributed by atoms with Crippen LogP contribution in [0.2, 0.25) is 0 Å². The highest BCUT2D eigenvalue weighted by atomic mass is 79.9. The Balaban J connectivity index is 1.72. The number of fused-ring (bicyclic) bond motifs is 1. The molecule has 4 rings (SSSR count). The summed E-state index contributed by atoms with van der Waals surface area (Å²) in [7, 11) is 1.51. The molecule has 3 aliphatic rings. The summed E-state index contributed by atoms with van der Waals surface area (Å²) < 4.78 is 18.5. The maximum absolute atomic E-state index is 14.7. The minimum atomic E-state index is -1.25. The number of aliphatic hydroxyl groups excluding tert-OH is 1. The van der Waals surface area contributed by atoms with Gasteiger partial charge in [0.2, 0.25) is 17.7 Å². The van der Waals surface area contributed by atoms with Crippen LogP contribution in [0, 0.1) is 11.8 Å². The molecule has 0 aromatic heterocycles. The number of likely N-dealkylation sites (tertiary alicyclic amines) is 1. The number of amides is 3. The number of nitrogens with zero attached hydrogens (tertiary/aromatic N) is 2. The number of ether oxygens (including phenoxy) is 3. The maximum Gasteiger partial charge on any atom is 0.313 e. The number of unbranched alkanes of at least 4 members (excludes halogenated alkanes) is 3. The number of nitrogens with one attached hydrogen (secondary N) is 1. The Labute approximate surface area is 304 Å². The minimum absolute atomic E-state index is 0.0667. The number of hydrogen-bond acceptors (Lipinski definition) is 8. The smallest absolute Gasteiger partial charge is 0.313 e. The van der Waals surface area contributed by atoms with E-state index in [2.05, 4.69) is 34.4 Å². The molecular weight excluding hydrogens is 706 g/mol. The number of hydrogen-bond donors (Lipinski definition) is 2. The highest BCUT2D eigenvalue weighted by molar-refractivity contribution is 9.09. The third-order valence-electron chi connectivity index (χ3n) is 9.99. The molecular formula is C38H54BrN3O8. The molecule has 3 amide bonds. The number of aliphatic hydroxyl groups is 1. The summed E-state index contributed by atoms with van der Waals surface area (Å²) >= 11 is 3.75. The van der Waals surface area contributed by atoms with Crippen molar-refractivity contribution in [2.24, 2.45) is 11.8 Å². The van der Waals surface area contributed by atoms with Gasteiger partial charge in [0.15, 0.2) is 0 Å². The molecule has 12 heteroatoms. The van der Waals surface area contributed by atoms with Crippen LogP contribution in [0.15, 0.2) is 55.6 Å². The third kappa shape index (κ3) is 8.35. The first-order chi connectivity index (χ1) is 23.9. The number of alkyl halides is 1. The summed E-state index contributed by atoms with van der Waals surface area (Å²) in [5.74, 6) is -3.36. The molecule has 8 atom stereocenters. The van der Waals surface area contributed by atoms with Gasteiger partial charge in [0.25, 0.3) is 0 Å². The number of esters is 1. The molecule has 3 fully saturated rings. The van der Waals surface area contributed by atoms with Gasteiger partial charge in [0, 0.05) is 43.6 Å². The van der Waals surface area contributed by atoms with Crippen LogP contribution >= 0.6 is 15.9 Å². The van der Waals surface area contributed by atoms with Crippen molar-refractivity contribution in [2.75, 3.05) is 33.4 Å². The van der Waals surface area contributed by atoms with Gasteiger partial charge in [-0.2, -0.15) is 0 Å². The van der Waals surface area contributed by atoms with Gasteiger partial charge < -0.3 is 34.4 Å². The van der Waals surface area contributed by atoms with Crippen LogP contribution in [0.5, 0.6) is 0 Å². The zero-order valence-corrected chi connectivity index (χ0v) is 31.4. The lowest BCUT2D eigenvalue weighted by Crippen LogP contribution is -2.60. The number of benzene rings is 1. The highest BCUT2D eigenvalue weighted by Gasteiger charge is 2.77. The number of carbonyl (C=O) groups is 4. The second kappa shape index (κ2) is 17.4. The zero-order valence-electron chi connectivity index (χ0n) is 29.9. The SMILES string of the molecule is C=CCCC(=O)N[C@@H](COC)[C@@H](OC(=O)[C@@H]1[C@H]2O[C@@]3(CC2Br)[C@H](C(=O)N(CC=C)C(C)(C)C)N(CCCCCCO)C(=O)[C@@H]13)c1ccccc1. The van der Waals surface area contributed by atoms with Crippen LogP contribution in [-0.4, -0.2) is 106 Å². The molecule has 50 heavy (non-hydrogen) atoms. The zero-order chi connectivity index (χ0) is 36.6. The Hall–Kier alpha value is -3.06. The fourth-order valence-electron chi connectivity index (χ4n) is 7.76. The third-order valence-corrected chi connectivity index (χ3v) is 10.8. The van der Waals surface area contributed by atoms with Gasteiger partial charge in [-0.05, 0) is 52.0 Å². The van der Waals surface area contributed by atoms with E-state index in [-0.39, 0.29) is 48.7 Å². The summed E-state index contributed by atoms with van der Waals surface area (Å²) in [5, 5.41) is 12.2. The summed E-state index contributed by atoms with van der Waals surface area (Å²) in [6.07, 6.45) is 5.61. The number of methoxy groups -OCH3 is 1. The molecule has 276 valence electrons. The number of carbonyl (C=O) groups excluding carboxylic acids is 4. The molecule has 1 spiro atoms. The second-order valence-electron chi connectivity index (χ2n) is 14.5. The lowest BCUT2D eigenvalue weighted by atomic mass is 9.70. The molecule has 1 aromatic carbocycles. The lowest BCUT2D eigenvalue weighted by molar-refractivity contribution is -0.163. The van der Waals surface area contributed by atoms with Crippen LogP contribution in [0.25, 0.3) is 0 Å². The van der Waals surface area contributed by atoms with Crippen molar-refractivity contribution >= 4 is 39.6 Å². The molecule has 3 saturated heterocycles. The highest BCUT2D eigenvalue weighted by Crippen LogP contribution is 2.60. The average Bonchev–Trinajstić information content (AvgIpc) is 3.67. The summed E-state index contributed by atoms with van der Waals surface area (Å²) in [5.41, 5.74) is -1.17. The van der Waals surface area contributed by atoms with E-state index in [0.717, 1.165) is 12.8 Å². The van der Waals surface area contributed by atoms with Crippen LogP contribution in [0.1, 0.15) is 77.4 Å². The topological polar surface area (TPSA) is 135 Å². The van der Waals surface area contributed by atoms with Crippen LogP contribution in [0.4, 0.5) is 0 Å². The number of rotatable bonds is 19. The molecule has 2 N–H and O–H groups in total. The molecule has 0 saturated carbocycles. The molecule has 3 heterocycles. The standard InChI is InChI=1S/C38H54BrN3O8/c1-7-9-19-28(44)40-27(24-48-6)31(25-17-13-12-14-18-25)49-36(47)29-30-34(45)41(21-15-10-11-16-22-43)33(38(30)23-26(39)32(29)50-38)35(46)42(20-8-2)37(3,4)5/h7-8,12-14,17-18,26-27,29-33,43H,1-2,9-11,15-16,19-24H2,3-6H3,(H,40,44)/t26?,27-,29-,30+,31-,32-,33-,38+/m0/s1. The van der Waals surface area contributed by atoms with E-state index in [1.54, 1.807) is 22.0 Å². The van der Waals surface area contributed by atoms with Gasteiger partial charge in [-0.15, -0.1) is 13.2 Å². The second-order valence-corrected chi connectivity index (χ2v) is 15.6. The fourth-order valence-corrected chi connectivity index (χ4v) is 8.71. The summed E-state index contributed by atoms with van der Waals surface area (Å²) in [6, 6.07) is 7.45. The normalized spacial score (nSPS) is 26.6. The Morgan fingerprint density at radius 2 is 1.86 bits per heavy atom. The van der Waals surface area contributed by atoms with Crippen molar-refractivity contribution in [3.8, 4) is 0 Å². The van der Waals surface area contributed by atoms with Crippen LogP contribution in [0.3, 0.4) is 0 Å². The largest absolute Gasteiger partial charge is 0.455 e. The Bertz CT molecular complexity index is 1370. The van der Waals surface area contributed by atoms with Crippen molar-refractivity contribution in [3.63, 3.8) is 0 Å². The first kappa shape index (κ1) is 39.7. The van der Waals surface area contributed by atoms with Crippen LogP contribution in [-0.2, 0) is 33.4 Å². The average molecular weight is 761 g/mol. The molecule has 0 aliphatic carbocycles. The van der Waals surface area contributed by atoms with E-state index in [4.69, 9.17) is 14.2 Å². The summed E-state index contributed by atoms with van der Waals surface area (Å²) in [4.78, 5) is 59.7. The maximum atomic E-state index is 14.7. The van der Waals surface area contributed by atoms with Crippen molar-refractivity contribution < 1.29 is 38.5 Å². The van der Waals surface area contributed by atoms with Gasteiger partial charge in [0.1, 0.15) is 17.7 Å². The van der Waals surface area contributed by atoms with Crippen molar-refractivity contribution in [2.45, 2.75) is 106 Å². The monoisotopic (exact) mass is 759 g/mol. The Kier molecular flexibility index (Phi) is 13.9. The quantitative estimate of drug-likeness (QED) is 0.0913. The molecule has 2 bridgehead atoms. The first-order valence-corrected chi connectivity index (χ1v) is 18.6. The number of allylic oxidation sites excluding steroid dienone is 1. The van der Waals surface area contributed by atoms with Gasteiger partial charge in [0.05, 0.1) is 30.6 Å². The summed E-state index contributed by atoms with van der Waals surface area (Å²) in [6.45, 7) is 14.1. The van der Waals surface area contributed by atoms with Gasteiger partial charge in [-0.25, -0.2) is 0 Å². The predicted molar refractivity (Wildman–Crippen MR) is 193 cm³/mol. The number of halogens is 1. The van der Waals surface area contributed by atoms with Crippen molar-refractivity contribution in [1.82, 2.24) is 15.1 Å². The van der Waals surface area contributed by atoms with E-state index < -0.39 is 53.2 Å². The van der Waals surface area contributed by atoms with Crippen molar-refractivity contribution in [1.29, 1.82) is 0 Å². The van der Waals surface area contributed by atoms with E-state index in [1.807, 2.05) is 51.1 Å². The first-order valence-electron chi connectivity index (χ1n) is 17.7. The van der Waals surface area contributed by atoms with Gasteiger partial charge in [-0.3, -0.25) is 19.2 Å². The van der Waals surface area contributed by atoms with Crippen molar-refractivity contribution in [3.05, 3.63) is 61.2 Å². The molecule has 11 nitrogen and oxygen atoms in total. The molecule has 0 radical (unpaired) electrons. The lowest BCUT2D eigenvalue weighted by Gasteiger charge is -2.42. The fraction of sp³-hybridized carbons (Fsp3) is 0.632. The predicted octanol–water partition coefficient (Wildman–Crippen LogP) is 4.48. The Morgan fingerprint density at radius 3 is 2.48 bits per heavy atom. The van der Waals surface area contributed by atoms with E-state index in [0.29, 0.717) is 37.8 Å².